The second-order valence-corrected chi connectivity index (χ2v) is 7.87. The van der Waals surface area contributed by atoms with Gasteiger partial charge in [-0.2, -0.15) is 4.99 Å². The zero-order valence-corrected chi connectivity index (χ0v) is 17.5. The van der Waals surface area contributed by atoms with E-state index in [0.29, 0.717) is 15.0 Å². The summed E-state index contributed by atoms with van der Waals surface area (Å²) in [6, 6.07) is 23.0. The first-order chi connectivity index (χ1) is 15.1. The van der Waals surface area contributed by atoms with E-state index in [1.807, 2.05) is 60.7 Å². The van der Waals surface area contributed by atoms with Crippen LogP contribution < -0.4 is 4.80 Å². The van der Waals surface area contributed by atoms with Crippen LogP contribution in [0.15, 0.2) is 83.9 Å². The van der Waals surface area contributed by atoms with Crippen molar-refractivity contribution in [2.45, 2.75) is 12.5 Å². The summed E-state index contributed by atoms with van der Waals surface area (Å²) in [5.41, 5.74) is 2.24. The molecular weight excluding hydrogens is 415 g/mol. The Bertz CT molecular complexity index is 1260. The zero-order chi connectivity index (χ0) is 21.8. The van der Waals surface area contributed by atoms with Crippen LogP contribution >= 0.6 is 11.3 Å². The van der Waals surface area contributed by atoms with Gasteiger partial charge in [-0.1, -0.05) is 72.0 Å². The third-order valence-electron chi connectivity index (χ3n) is 4.88. The number of hydrogen-bond acceptors (Lipinski definition) is 4. The van der Waals surface area contributed by atoms with Gasteiger partial charge >= 0.3 is 5.97 Å². The zero-order valence-electron chi connectivity index (χ0n) is 16.7. The highest BCUT2D eigenvalue weighted by Gasteiger charge is 2.23. The van der Waals surface area contributed by atoms with Crippen LogP contribution in [0.25, 0.3) is 10.2 Å². The molecule has 0 unspecified atom stereocenters. The Morgan fingerprint density at radius 3 is 2.19 bits per heavy atom. The first-order valence-electron chi connectivity index (χ1n) is 9.61. The molecule has 7 heteroatoms. The molecule has 4 aromatic rings. The normalized spacial score (nSPS) is 11.8. The molecule has 0 saturated carbocycles. The van der Waals surface area contributed by atoms with Crippen molar-refractivity contribution >= 4 is 33.4 Å². The maximum Gasteiger partial charge on any atom is 0.325 e. The number of carbonyl (C=O) groups is 2. The van der Waals surface area contributed by atoms with E-state index in [2.05, 4.69) is 4.99 Å². The molecule has 3 aromatic carbocycles. The van der Waals surface area contributed by atoms with E-state index in [1.54, 1.807) is 10.6 Å². The van der Waals surface area contributed by atoms with Gasteiger partial charge in [0.2, 0.25) is 0 Å². The quantitative estimate of drug-likeness (QED) is 0.441. The van der Waals surface area contributed by atoms with Crippen molar-refractivity contribution in [2.24, 2.45) is 4.99 Å². The SMILES string of the molecule is COC(=O)Cn1c(=NC(=O)C(c2ccccc2)c2ccccc2)sc2cc(F)ccc21. The van der Waals surface area contributed by atoms with Gasteiger partial charge in [-0.15, -0.1) is 0 Å². The fourth-order valence-corrected chi connectivity index (χ4v) is 4.47. The minimum absolute atomic E-state index is 0.129. The van der Waals surface area contributed by atoms with Crippen molar-refractivity contribution in [3.8, 4) is 0 Å². The summed E-state index contributed by atoms with van der Waals surface area (Å²) in [5, 5.41) is 0. The van der Waals surface area contributed by atoms with E-state index in [9.17, 15) is 14.0 Å². The number of benzene rings is 3. The molecule has 156 valence electrons. The highest BCUT2D eigenvalue weighted by Crippen LogP contribution is 2.26. The second-order valence-electron chi connectivity index (χ2n) is 6.86. The molecule has 0 aliphatic heterocycles. The molecule has 0 spiro atoms. The van der Waals surface area contributed by atoms with Crippen molar-refractivity contribution in [1.29, 1.82) is 0 Å². The smallest absolute Gasteiger partial charge is 0.325 e. The molecule has 0 N–H and O–H groups in total. The van der Waals surface area contributed by atoms with Crippen molar-refractivity contribution in [2.75, 3.05) is 7.11 Å². The molecule has 1 aromatic heterocycles. The van der Waals surface area contributed by atoms with Crippen LogP contribution in [0, 0.1) is 5.82 Å². The third-order valence-corrected chi connectivity index (χ3v) is 5.92. The summed E-state index contributed by atoms with van der Waals surface area (Å²) in [5.74, 6) is -1.86. The number of esters is 1. The lowest BCUT2D eigenvalue weighted by molar-refractivity contribution is -0.141. The van der Waals surface area contributed by atoms with E-state index >= 15 is 0 Å². The van der Waals surface area contributed by atoms with Gasteiger partial charge in [-0.3, -0.25) is 9.59 Å². The predicted octanol–water partition coefficient (Wildman–Crippen LogP) is 4.27. The molecule has 0 saturated heterocycles. The molecule has 0 radical (unpaired) electrons. The number of carbonyl (C=O) groups excluding carboxylic acids is 2. The molecule has 5 nitrogen and oxygen atoms in total. The molecule has 31 heavy (non-hydrogen) atoms. The minimum Gasteiger partial charge on any atom is -0.468 e. The summed E-state index contributed by atoms with van der Waals surface area (Å²) in [7, 11) is 1.29. The second kappa shape index (κ2) is 9.06. The van der Waals surface area contributed by atoms with Gasteiger partial charge in [-0.05, 0) is 29.3 Å². The molecule has 1 amide bonds. The number of amides is 1. The summed E-state index contributed by atoms with van der Waals surface area (Å²) in [6.45, 7) is -0.129. The number of hydrogen-bond donors (Lipinski definition) is 0. The van der Waals surface area contributed by atoms with Gasteiger partial charge in [-0.25, -0.2) is 4.39 Å². The Hall–Kier alpha value is -3.58. The summed E-state index contributed by atoms with van der Waals surface area (Å²) >= 11 is 1.15. The average molecular weight is 434 g/mol. The molecule has 0 aliphatic carbocycles. The summed E-state index contributed by atoms with van der Waals surface area (Å²) in [6.07, 6.45) is 0. The van der Waals surface area contributed by atoms with Gasteiger partial charge in [0.1, 0.15) is 12.4 Å². The van der Waals surface area contributed by atoms with Crippen molar-refractivity contribution in [1.82, 2.24) is 4.57 Å². The monoisotopic (exact) mass is 434 g/mol. The maximum absolute atomic E-state index is 13.7. The summed E-state index contributed by atoms with van der Waals surface area (Å²) < 4.78 is 20.7. The van der Waals surface area contributed by atoms with Crippen molar-refractivity contribution in [3.63, 3.8) is 0 Å². The Morgan fingerprint density at radius 2 is 1.61 bits per heavy atom. The van der Waals surface area contributed by atoms with E-state index in [0.717, 1.165) is 22.5 Å². The highest BCUT2D eigenvalue weighted by molar-refractivity contribution is 7.16. The Balaban J connectivity index is 1.86. The topological polar surface area (TPSA) is 60.7 Å². The standard InChI is InChI=1S/C24H19FN2O3S/c1-30-21(28)15-27-19-13-12-18(25)14-20(19)31-24(27)26-23(29)22(16-8-4-2-5-9-16)17-10-6-3-7-11-17/h2-14,22H,15H2,1H3. The highest BCUT2D eigenvalue weighted by atomic mass is 32.1. The lowest BCUT2D eigenvalue weighted by atomic mass is 9.91. The molecular formula is C24H19FN2O3S. The van der Waals surface area contributed by atoms with Gasteiger partial charge in [0, 0.05) is 0 Å². The van der Waals surface area contributed by atoms with Crippen LogP contribution in [0.3, 0.4) is 0 Å². The fourth-order valence-electron chi connectivity index (χ4n) is 3.41. The van der Waals surface area contributed by atoms with E-state index < -0.39 is 17.7 Å². The predicted molar refractivity (Wildman–Crippen MR) is 117 cm³/mol. The van der Waals surface area contributed by atoms with Crippen LogP contribution in [-0.2, 0) is 20.9 Å². The molecule has 0 fully saturated rings. The van der Waals surface area contributed by atoms with Crippen LogP contribution in [0.1, 0.15) is 17.0 Å². The van der Waals surface area contributed by atoms with Crippen molar-refractivity contribution < 1.29 is 18.7 Å². The van der Waals surface area contributed by atoms with Crippen LogP contribution in [0.5, 0.6) is 0 Å². The number of methoxy groups -OCH3 is 1. The fraction of sp³-hybridized carbons (Fsp3) is 0.125. The number of ether oxygens (including phenoxy) is 1. The Kier molecular flexibility index (Phi) is 6.04. The molecule has 0 atom stereocenters. The number of fused-ring (bicyclic) bond motifs is 1. The van der Waals surface area contributed by atoms with Gasteiger partial charge in [0.05, 0.1) is 23.2 Å². The van der Waals surface area contributed by atoms with Gasteiger partial charge < -0.3 is 9.30 Å². The molecule has 1 heterocycles. The lowest BCUT2D eigenvalue weighted by Crippen LogP contribution is -2.24. The number of aromatic nitrogens is 1. The lowest BCUT2D eigenvalue weighted by Gasteiger charge is -2.14. The summed E-state index contributed by atoms with van der Waals surface area (Å²) in [4.78, 5) is 30.1. The third kappa shape index (κ3) is 4.46. The van der Waals surface area contributed by atoms with E-state index in [4.69, 9.17) is 4.74 Å². The molecule has 0 bridgehead atoms. The number of thiazole rings is 1. The average Bonchev–Trinajstić information content (AvgIpc) is 3.11. The van der Waals surface area contributed by atoms with Crippen LogP contribution in [-0.4, -0.2) is 23.6 Å². The Labute approximate surface area is 182 Å². The molecule has 0 aliphatic rings. The minimum atomic E-state index is -0.601. The van der Waals surface area contributed by atoms with Gasteiger partial charge in [0.25, 0.3) is 5.91 Å². The number of nitrogens with zero attached hydrogens (tertiary/aromatic N) is 2. The number of halogens is 1. The van der Waals surface area contributed by atoms with E-state index in [1.165, 1.54) is 19.2 Å². The van der Waals surface area contributed by atoms with Gasteiger partial charge in [0.15, 0.2) is 4.80 Å². The number of rotatable bonds is 5. The first kappa shape index (κ1) is 20.7. The molecule has 4 rings (SSSR count). The maximum atomic E-state index is 13.7. The van der Waals surface area contributed by atoms with Crippen LogP contribution in [0.4, 0.5) is 4.39 Å². The Morgan fingerprint density at radius 1 is 1.00 bits per heavy atom. The largest absolute Gasteiger partial charge is 0.468 e. The van der Waals surface area contributed by atoms with Crippen molar-refractivity contribution in [3.05, 3.63) is 101 Å². The van der Waals surface area contributed by atoms with Crippen LogP contribution in [0.2, 0.25) is 0 Å². The van der Waals surface area contributed by atoms with E-state index in [-0.39, 0.29) is 12.5 Å². The first-order valence-corrected chi connectivity index (χ1v) is 10.4.